The molecule has 0 atom stereocenters. The minimum absolute atomic E-state index is 0.182. The van der Waals surface area contributed by atoms with Gasteiger partial charge >= 0.3 is 5.97 Å². The maximum absolute atomic E-state index is 13.2. The number of halogens is 2. The van der Waals surface area contributed by atoms with Gasteiger partial charge in [-0.2, -0.15) is 0 Å². The molecule has 0 radical (unpaired) electrons. The molecule has 0 aliphatic carbocycles. The van der Waals surface area contributed by atoms with E-state index < -0.39 is 11.6 Å². The first-order valence-corrected chi connectivity index (χ1v) is 12.2. The van der Waals surface area contributed by atoms with Gasteiger partial charge in [-0.1, -0.05) is 47.5 Å². The Bertz CT molecular complexity index is 1020. The molecular weight excluding hydrogens is 477 g/mol. The van der Waals surface area contributed by atoms with E-state index in [-0.39, 0.29) is 5.71 Å². The van der Waals surface area contributed by atoms with E-state index >= 15 is 0 Å². The molecule has 2 saturated heterocycles. The van der Waals surface area contributed by atoms with Crippen LogP contribution in [-0.2, 0) is 25.5 Å². The summed E-state index contributed by atoms with van der Waals surface area (Å²) in [5.41, 5.74) is 1.15. The van der Waals surface area contributed by atoms with Gasteiger partial charge in [0.2, 0.25) is 0 Å². The molecule has 34 heavy (non-hydrogen) atoms. The van der Waals surface area contributed by atoms with Crippen molar-refractivity contribution < 1.29 is 19.0 Å². The van der Waals surface area contributed by atoms with E-state index in [1.807, 2.05) is 18.2 Å². The summed E-state index contributed by atoms with van der Waals surface area (Å²) < 4.78 is 17.0. The molecule has 2 N–H and O–H groups in total. The normalized spacial score (nSPS) is 18.3. The maximum Gasteiger partial charge on any atom is 0.357 e. The molecular formula is C25H29Cl2N3O4. The highest BCUT2D eigenvalue weighted by atomic mass is 35.5. The Morgan fingerprint density at radius 3 is 2.50 bits per heavy atom. The van der Waals surface area contributed by atoms with Crippen molar-refractivity contribution in [1.29, 1.82) is 5.41 Å². The quantitative estimate of drug-likeness (QED) is 0.408. The second-order valence-electron chi connectivity index (χ2n) is 8.58. The summed E-state index contributed by atoms with van der Waals surface area (Å²) in [6.07, 6.45) is 1.22. The van der Waals surface area contributed by atoms with Crippen molar-refractivity contribution in [1.82, 2.24) is 4.90 Å². The zero-order valence-electron chi connectivity index (χ0n) is 18.9. The highest BCUT2D eigenvalue weighted by molar-refractivity contribution is 6.43. The van der Waals surface area contributed by atoms with Crippen molar-refractivity contribution in [3.8, 4) is 0 Å². The van der Waals surface area contributed by atoms with E-state index in [1.165, 1.54) is 0 Å². The predicted octanol–water partition coefficient (Wildman–Crippen LogP) is 4.40. The summed E-state index contributed by atoms with van der Waals surface area (Å²) in [5.74, 6) is -0.631. The summed E-state index contributed by atoms with van der Waals surface area (Å²) in [7, 11) is 0. The van der Waals surface area contributed by atoms with Crippen molar-refractivity contribution in [2.75, 3.05) is 51.4 Å². The average molecular weight is 506 g/mol. The number of ether oxygens (including phenoxy) is 3. The third-order valence-electron chi connectivity index (χ3n) is 6.21. The van der Waals surface area contributed by atoms with Gasteiger partial charge < -0.3 is 19.5 Å². The summed E-state index contributed by atoms with van der Waals surface area (Å²) in [6.45, 7) is 5.06. The maximum atomic E-state index is 13.2. The Kier molecular flexibility index (Phi) is 8.45. The molecule has 2 aliphatic heterocycles. The number of nitrogens with one attached hydrogen (secondary N) is 2. The van der Waals surface area contributed by atoms with Crippen molar-refractivity contribution in [2.24, 2.45) is 0 Å². The van der Waals surface area contributed by atoms with E-state index in [0.29, 0.717) is 73.7 Å². The molecule has 0 saturated carbocycles. The number of hydrogen-bond donors (Lipinski definition) is 2. The first kappa shape index (κ1) is 24.9. The molecule has 7 nitrogen and oxygen atoms in total. The molecule has 2 fully saturated rings. The molecule has 9 heteroatoms. The fourth-order valence-corrected chi connectivity index (χ4v) is 4.75. The Balaban J connectivity index is 1.46. The van der Waals surface area contributed by atoms with Crippen LogP contribution >= 0.6 is 23.2 Å². The SMILES string of the molecule is N=C(C(=O)OC1(CN2CCOCC2)CCOCC1)c1ccccc1NCc1ccc(Cl)cc1Cl. The van der Waals surface area contributed by atoms with Gasteiger partial charge in [-0.3, -0.25) is 10.3 Å². The highest BCUT2D eigenvalue weighted by Gasteiger charge is 2.39. The molecule has 0 spiro atoms. The van der Waals surface area contributed by atoms with Gasteiger partial charge in [-0.05, 0) is 23.8 Å². The van der Waals surface area contributed by atoms with Gasteiger partial charge in [0.05, 0.1) is 26.4 Å². The number of para-hydroxylation sites is 1. The molecule has 0 aromatic heterocycles. The van der Waals surface area contributed by atoms with Crippen LogP contribution in [0.2, 0.25) is 10.0 Å². The summed E-state index contributed by atoms with van der Waals surface area (Å²) in [5, 5.41) is 13.0. The summed E-state index contributed by atoms with van der Waals surface area (Å²) in [4.78, 5) is 15.4. The largest absolute Gasteiger partial charge is 0.453 e. The highest BCUT2D eigenvalue weighted by Crippen LogP contribution is 2.29. The minimum Gasteiger partial charge on any atom is -0.453 e. The van der Waals surface area contributed by atoms with Gasteiger partial charge in [0, 0.05) is 60.3 Å². The number of morpholine rings is 1. The van der Waals surface area contributed by atoms with Crippen molar-refractivity contribution >= 4 is 40.6 Å². The van der Waals surface area contributed by atoms with Crippen LogP contribution in [-0.4, -0.2) is 68.2 Å². The van der Waals surface area contributed by atoms with Crippen LogP contribution in [0.3, 0.4) is 0 Å². The Hall–Kier alpha value is -2.16. The van der Waals surface area contributed by atoms with Crippen LogP contribution in [0.15, 0.2) is 42.5 Å². The third-order valence-corrected chi connectivity index (χ3v) is 6.80. The van der Waals surface area contributed by atoms with E-state index in [4.69, 9.17) is 42.8 Å². The second kappa shape index (κ2) is 11.5. The molecule has 2 aromatic carbocycles. The molecule has 2 aromatic rings. The van der Waals surface area contributed by atoms with Crippen molar-refractivity contribution in [3.05, 3.63) is 63.6 Å². The van der Waals surface area contributed by atoms with Crippen LogP contribution in [0.1, 0.15) is 24.0 Å². The number of carbonyl (C=O) groups is 1. The molecule has 2 aliphatic rings. The summed E-state index contributed by atoms with van der Waals surface area (Å²) >= 11 is 12.3. The molecule has 0 unspecified atom stereocenters. The lowest BCUT2D eigenvalue weighted by molar-refractivity contribution is -0.165. The number of nitrogens with zero attached hydrogens (tertiary/aromatic N) is 1. The van der Waals surface area contributed by atoms with Gasteiger partial charge in [-0.15, -0.1) is 0 Å². The standard InChI is InChI=1S/C25H29Cl2N3O4/c26-19-6-5-18(21(27)15-19)16-29-22-4-2-1-3-20(22)23(28)24(31)34-25(7-11-32-12-8-25)17-30-9-13-33-14-10-30/h1-6,15,28-29H,7-14,16-17H2. The second-order valence-corrected chi connectivity index (χ2v) is 9.43. The zero-order valence-corrected chi connectivity index (χ0v) is 20.5. The van der Waals surface area contributed by atoms with Gasteiger partial charge in [0.15, 0.2) is 0 Å². The monoisotopic (exact) mass is 505 g/mol. The molecule has 0 bridgehead atoms. The van der Waals surface area contributed by atoms with E-state index in [0.717, 1.165) is 18.7 Å². The average Bonchev–Trinajstić information content (AvgIpc) is 2.84. The lowest BCUT2D eigenvalue weighted by Gasteiger charge is -2.41. The fraction of sp³-hybridized carbons (Fsp3) is 0.440. The van der Waals surface area contributed by atoms with Gasteiger partial charge in [0.25, 0.3) is 0 Å². The number of hydrogen-bond acceptors (Lipinski definition) is 7. The molecule has 182 valence electrons. The lowest BCUT2D eigenvalue weighted by Crippen LogP contribution is -2.53. The zero-order chi connectivity index (χ0) is 24.0. The van der Waals surface area contributed by atoms with Gasteiger partial charge in [-0.25, -0.2) is 4.79 Å². The Morgan fingerprint density at radius 1 is 1.06 bits per heavy atom. The first-order valence-electron chi connectivity index (χ1n) is 11.4. The molecule has 0 amide bonds. The number of carbonyl (C=O) groups excluding carboxylic acids is 1. The van der Waals surface area contributed by atoms with Crippen LogP contribution in [0.5, 0.6) is 0 Å². The minimum atomic E-state index is -0.668. The predicted molar refractivity (Wildman–Crippen MR) is 133 cm³/mol. The van der Waals surface area contributed by atoms with E-state index in [9.17, 15) is 4.79 Å². The van der Waals surface area contributed by atoms with Crippen molar-refractivity contribution in [3.63, 3.8) is 0 Å². The Morgan fingerprint density at radius 2 is 1.76 bits per heavy atom. The van der Waals surface area contributed by atoms with Crippen LogP contribution < -0.4 is 5.32 Å². The molecule has 4 rings (SSSR count). The smallest absolute Gasteiger partial charge is 0.357 e. The number of benzene rings is 2. The number of esters is 1. The van der Waals surface area contributed by atoms with Gasteiger partial charge in [0.1, 0.15) is 11.3 Å². The van der Waals surface area contributed by atoms with Crippen molar-refractivity contribution in [2.45, 2.75) is 25.0 Å². The van der Waals surface area contributed by atoms with E-state index in [1.54, 1.807) is 24.3 Å². The summed E-state index contributed by atoms with van der Waals surface area (Å²) in [6, 6.07) is 12.5. The topological polar surface area (TPSA) is 83.9 Å². The Labute approximate surface area is 209 Å². The third kappa shape index (κ3) is 6.29. The first-order chi connectivity index (χ1) is 16.5. The number of rotatable bonds is 8. The number of anilines is 1. The fourth-order valence-electron chi connectivity index (χ4n) is 4.27. The lowest BCUT2D eigenvalue weighted by atomic mass is 9.92. The van der Waals surface area contributed by atoms with Crippen LogP contribution in [0, 0.1) is 5.41 Å². The van der Waals surface area contributed by atoms with Crippen LogP contribution in [0.25, 0.3) is 0 Å². The van der Waals surface area contributed by atoms with E-state index in [2.05, 4.69) is 10.2 Å². The van der Waals surface area contributed by atoms with Crippen LogP contribution in [0.4, 0.5) is 5.69 Å². The molecule has 2 heterocycles.